The molecule has 1 rings (SSSR count). The van der Waals surface area contributed by atoms with Gasteiger partial charge in [0, 0.05) is 13.1 Å². The number of hydrogen-bond acceptors (Lipinski definition) is 3. The minimum absolute atomic E-state index is 1.02. The Kier molecular flexibility index (Phi) is 2.05. The van der Waals surface area contributed by atoms with E-state index in [2.05, 4.69) is 16.8 Å². The van der Waals surface area contributed by atoms with E-state index in [1.54, 1.807) is 6.19 Å². The van der Waals surface area contributed by atoms with E-state index in [4.69, 9.17) is 5.26 Å². The van der Waals surface area contributed by atoms with E-state index >= 15 is 0 Å². The van der Waals surface area contributed by atoms with Crippen molar-refractivity contribution in [3.05, 3.63) is 0 Å². The summed E-state index contributed by atoms with van der Waals surface area (Å²) in [6, 6.07) is 0. The zero-order valence-corrected chi connectivity index (χ0v) is 4.96. The second kappa shape index (κ2) is 3.05. The summed E-state index contributed by atoms with van der Waals surface area (Å²) in [5, 5.41) is 9.86. The van der Waals surface area contributed by atoms with Crippen LogP contribution in [0.2, 0.25) is 0 Å². The Hall–Kier alpha value is -1.08. The fraction of sp³-hybridized carbons (Fsp3) is 0.600. The van der Waals surface area contributed by atoms with Crippen molar-refractivity contribution in [1.29, 1.82) is 5.26 Å². The number of rotatable bonds is 2. The summed E-state index contributed by atoms with van der Waals surface area (Å²) in [5.41, 5.74) is 2.71. The van der Waals surface area contributed by atoms with Gasteiger partial charge in [0.25, 0.3) is 0 Å². The number of hydrazine groups is 1. The molecule has 1 fully saturated rings. The number of nitriles is 1. The Morgan fingerprint density at radius 2 is 2.33 bits per heavy atom. The lowest BCUT2D eigenvalue weighted by Crippen LogP contribution is -2.46. The molecule has 1 heterocycles. The molecule has 1 saturated heterocycles. The first-order valence-corrected chi connectivity index (χ1v) is 2.78. The highest BCUT2D eigenvalue weighted by Gasteiger charge is 2.10. The van der Waals surface area contributed by atoms with Crippen molar-refractivity contribution in [3.63, 3.8) is 0 Å². The minimum Gasteiger partial charge on any atom is -0.299 e. The topological polar surface area (TPSA) is 51.4 Å². The number of nitrogens with zero attached hydrogens (tertiary/aromatic N) is 3. The van der Waals surface area contributed by atoms with Gasteiger partial charge in [0.05, 0.1) is 0 Å². The summed E-state index contributed by atoms with van der Waals surface area (Å²) < 4.78 is 0. The molecule has 0 aromatic heterocycles. The van der Waals surface area contributed by atoms with Crippen LogP contribution in [0.4, 0.5) is 0 Å². The van der Waals surface area contributed by atoms with Gasteiger partial charge in [-0.1, -0.05) is 0 Å². The molecule has 47 valence electrons. The molecule has 0 unspecified atom stereocenters. The Labute approximate surface area is 53.8 Å². The van der Waals surface area contributed by atoms with Crippen LogP contribution in [0.15, 0.2) is 4.99 Å². The lowest BCUT2D eigenvalue weighted by molar-refractivity contribution is 0.149. The first-order valence-electron chi connectivity index (χ1n) is 2.78. The monoisotopic (exact) mass is 123 g/mol. The molecular weight excluding hydrogens is 116 g/mol. The van der Waals surface area contributed by atoms with Gasteiger partial charge in [0.15, 0.2) is 6.34 Å². The van der Waals surface area contributed by atoms with Crippen molar-refractivity contribution < 1.29 is 0 Å². The SMILES string of the molecule is N#C/N=[C]/NN1CCC1. The Morgan fingerprint density at radius 1 is 1.56 bits per heavy atom. The maximum absolute atomic E-state index is 7.93. The molecule has 9 heavy (non-hydrogen) atoms. The third kappa shape index (κ3) is 1.70. The molecule has 1 aliphatic heterocycles. The molecule has 1 radical (unpaired) electrons. The molecule has 4 heteroatoms. The van der Waals surface area contributed by atoms with E-state index < -0.39 is 0 Å². The maximum Gasteiger partial charge on any atom is 0.207 e. The number of hydrogen-bond donors (Lipinski definition) is 1. The van der Waals surface area contributed by atoms with Crippen LogP contribution in [0.5, 0.6) is 0 Å². The molecule has 0 aliphatic carbocycles. The van der Waals surface area contributed by atoms with E-state index in [9.17, 15) is 0 Å². The molecule has 0 saturated carbocycles. The molecule has 0 spiro atoms. The summed E-state index contributed by atoms with van der Waals surface area (Å²) in [5.74, 6) is 0. The largest absolute Gasteiger partial charge is 0.299 e. The maximum atomic E-state index is 7.93. The lowest BCUT2D eigenvalue weighted by Gasteiger charge is -2.28. The summed E-state index contributed by atoms with van der Waals surface area (Å²) in [6.07, 6.45) is 5.18. The van der Waals surface area contributed by atoms with Crippen molar-refractivity contribution in [3.8, 4) is 6.19 Å². The Balaban J connectivity index is 2.05. The summed E-state index contributed by atoms with van der Waals surface area (Å²) in [4.78, 5) is 3.20. The van der Waals surface area contributed by atoms with Crippen LogP contribution in [-0.2, 0) is 0 Å². The standard InChI is InChI=1S/C5H7N4/c6-4-7-5-8-9-2-1-3-9/h1-3H2,(H,7,8). The van der Waals surface area contributed by atoms with Crippen LogP contribution in [0.1, 0.15) is 6.42 Å². The summed E-state index contributed by atoms with van der Waals surface area (Å²) in [7, 11) is 0. The van der Waals surface area contributed by atoms with Gasteiger partial charge in [-0.3, -0.25) is 5.43 Å². The fourth-order valence-electron chi connectivity index (χ4n) is 0.549. The minimum atomic E-state index is 1.02. The van der Waals surface area contributed by atoms with Crippen molar-refractivity contribution in [2.45, 2.75) is 6.42 Å². The highest BCUT2D eigenvalue weighted by Crippen LogP contribution is 1.98. The van der Waals surface area contributed by atoms with Gasteiger partial charge in [0.2, 0.25) is 6.19 Å². The second-order valence-electron chi connectivity index (χ2n) is 1.78. The van der Waals surface area contributed by atoms with Gasteiger partial charge in [-0.25, -0.2) is 5.01 Å². The van der Waals surface area contributed by atoms with Crippen LogP contribution >= 0.6 is 0 Å². The third-order valence-electron chi connectivity index (χ3n) is 1.17. The zero-order chi connectivity index (χ0) is 6.53. The van der Waals surface area contributed by atoms with Crippen molar-refractivity contribution >= 4 is 6.34 Å². The van der Waals surface area contributed by atoms with Gasteiger partial charge in [0.1, 0.15) is 0 Å². The Bertz CT molecular complexity index is 142. The van der Waals surface area contributed by atoms with Crippen LogP contribution in [0.25, 0.3) is 0 Å². The highest BCUT2D eigenvalue weighted by molar-refractivity contribution is 5.54. The molecule has 0 bridgehead atoms. The van der Waals surface area contributed by atoms with Gasteiger partial charge in [-0.05, 0) is 6.42 Å². The Morgan fingerprint density at radius 3 is 2.78 bits per heavy atom. The molecule has 1 N–H and O–H groups in total. The predicted octanol–water partition coefficient (Wildman–Crippen LogP) is -0.417. The second-order valence-corrected chi connectivity index (χ2v) is 1.78. The van der Waals surface area contributed by atoms with Crippen LogP contribution in [0.3, 0.4) is 0 Å². The van der Waals surface area contributed by atoms with Crippen LogP contribution < -0.4 is 5.43 Å². The number of aliphatic imine (C=N–C) groups is 1. The zero-order valence-electron chi connectivity index (χ0n) is 4.96. The fourth-order valence-corrected chi connectivity index (χ4v) is 0.549. The van der Waals surface area contributed by atoms with Crippen molar-refractivity contribution in [1.82, 2.24) is 10.4 Å². The smallest absolute Gasteiger partial charge is 0.207 e. The molecular formula is C5H7N4. The van der Waals surface area contributed by atoms with Gasteiger partial charge < -0.3 is 0 Å². The molecule has 4 nitrogen and oxygen atoms in total. The lowest BCUT2D eigenvalue weighted by atomic mass is 10.3. The normalized spacial score (nSPS) is 19.0. The average molecular weight is 123 g/mol. The first-order chi connectivity index (χ1) is 4.43. The third-order valence-corrected chi connectivity index (χ3v) is 1.17. The predicted molar refractivity (Wildman–Crippen MR) is 32.4 cm³/mol. The number of nitrogens with one attached hydrogen (secondary N) is 1. The molecule has 0 atom stereocenters. The molecule has 1 aliphatic rings. The van der Waals surface area contributed by atoms with Gasteiger partial charge >= 0.3 is 0 Å². The van der Waals surface area contributed by atoms with Gasteiger partial charge in [-0.15, -0.1) is 0 Å². The van der Waals surface area contributed by atoms with Crippen molar-refractivity contribution in [2.75, 3.05) is 13.1 Å². The van der Waals surface area contributed by atoms with Gasteiger partial charge in [-0.2, -0.15) is 10.3 Å². The molecule has 0 aromatic carbocycles. The first kappa shape index (κ1) is 6.05. The van der Waals surface area contributed by atoms with E-state index in [-0.39, 0.29) is 0 Å². The van der Waals surface area contributed by atoms with E-state index in [0.29, 0.717) is 0 Å². The molecule has 0 aromatic rings. The van der Waals surface area contributed by atoms with E-state index in [1.807, 2.05) is 5.01 Å². The quantitative estimate of drug-likeness (QED) is 0.235. The average Bonchev–Trinajstić information content (AvgIpc) is 1.76. The van der Waals surface area contributed by atoms with E-state index in [0.717, 1.165) is 13.1 Å². The summed E-state index contributed by atoms with van der Waals surface area (Å²) in [6.45, 7) is 2.04. The van der Waals surface area contributed by atoms with Crippen LogP contribution in [0, 0.1) is 11.5 Å². The molecule has 0 amide bonds. The van der Waals surface area contributed by atoms with E-state index in [1.165, 1.54) is 6.42 Å². The summed E-state index contributed by atoms with van der Waals surface area (Å²) >= 11 is 0. The highest BCUT2D eigenvalue weighted by atomic mass is 15.5. The van der Waals surface area contributed by atoms with Crippen LogP contribution in [-0.4, -0.2) is 24.4 Å². The van der Waals surface area contributed by atoms with Crippen molar-refractivity contribution in [2.24, 2.45) is 4.99 Å².